The topological polar surface area (TPSA) is 72.7 Å². The molecule has 1 radical (unpaired) electrons. The van der Waals surface area contributed by atoms with E-state index in [4.69, 9.17) is 16.6 Å². The van der Waals surface area contributed by atoms with Crippen LogP contribution in [0.1, 0.15) is 42.5 Å². The van der Waals surface area contributed by atoms with Crippen LogP contribution in [0.25, 0.3) is 22.3 Å². The van der Waals surface area contributed by atoms with Gasteiger partial charge >= 0.3 is 0 Å². The number of anilines is 1. The number of nitrogens with one attached hydrogen (secondary N) is 1. The van der Waals surface area contributed by atoms with E-state index in [-0.39, 0.29) is 5.91 Å². The largest absolute Gasteiger partial charge is 0.304 e. The van der Waals surface area contributed by atoms with Gasteiger partial charge in [0.25, 0.3) is 5.91 Å². The number of nitrogens with zero attached hydrogens (tertiary/aromatic N) is 4. The van der Waals surface area contributed by atoms with Crippen LogP contribution in [0.3, 0.4) is 0 Å². The summed E-state index contributed by atoms with van der Waals surface area (Å²) in [4.78, 5) is 17.4. The molecule has 6 nitrogen and oxygen atoms in total. The molecule has 1 fully saturated rings. The van der Waals surface area contributed by atoms with E-state index in [1.807, 2.05) is 35.0 Å². The van der Waals surface area contributed by atoms with Crippen molar-refractivity contribution in [3.05, 3.63) is 58.6 Å². The highest BCUT2D eigenvalue weighted by molar-refractivity contribution is 7.03. The summed E-state index contributed by atoms with van der Waals surface area (Å²) in [5.41, 5.74) is 2.84. The summed E-state index contributed by atoms with van der Waals surface area (Å²) < 4.78 is 5.89. The molecule has 1 saturated carbocycles. The molecule has 3 aromatic heterocycles. The SMILES string of the molecule is O=C(Nc1nn(CCCCC2CC2)c2nc(-c3cc[c]cc3)c(Cl)cc12)c1cnsc1. The Morgan fingerprint density at radius 1 is 1.29 bits per heavy atom. The third-order valence-electron chi connectivity index (χ3n) is 5.52. The second kappa shape index (κ2) is 8.77. The van der Waals surface area contributed by atoms with Crippen LogP contribution in [0, 0.1) is 12.0 Å². The Morgan fingerprint density at radius 2 is 2.13 bits per heavy atom. The molecule has 1 aliphatic rings. The van der Waals surface area contributed by atoms with Crippen molar-refractivity contribution in [1.82, 2.24) is 19.1 Å². The molecule has 1 aromatic carbocycles. The molecule has 0 bridgehead atoms. The zero-order chi connectivity index (χ0) is 21.2. The summed E-state index contributed by atoms with van der Waals surface area (Å²) in [6, 6.07) is 12.4. The van der Waals surface area contributed by atoms with Crippen molar-refractivity contribution in [2.75, 3.05) is 5.32 Å². The number of aromatic nitrogens is 4. The van der Waals surface area contributed by atoms with E-state index in [0.29, 0.717) is 22.1 Å². The third kappa shape index (κ3) is 4.48. The van der Waals surface area contributed by atoms with Gasteiger partial charge in [-0.1, -0.05) is 61.5 Å². The number of fused-ring (bicyclic) bond motifs is 1. The number of carbonyl (C=O) groups excluding carboxylic acids is 1. The van der Waals surface area contributed by atoms with Crippen LogP contribution in [0.4, 0.5) is 5.82 Å². The van der Waals surface area contributed by atoms with Crippen molar-refractivity contribution in [3.63, 3.8) is 0 Å². The first kappa shape index (κ1) is 20.2. The molecule has 0 aliphatic heterocycles. The van der Waals surface area contributed by atoms with E-state index in [0.717, 1.165) is 35.5 Å². The number of unbranched alkanes of at least 4 members (excludes halogenated alkanes) is 1. The van der Waals surface area contributed by atoms with Gasteiger partial charge in [-0.15, -0.1) is 0 Å². The Hall–Kier alpha value is -2.77. The fraction of sp³-hybridized carbons (Fsp3) is 0.304. The number of aryl methyl sites for hydroxylation is 1. The van der Waals surface area contributed by atoms with E-state index < -0.39 is 0 Å². The molecule has 1 aliphatic carbocycles. The summed E-state index contributed by atoms with van der Waals surface area (Å²) in [5, 5.41) is 10.5. The lowest BCUT2D eigenvalue weighted by Gasteiger charge is -2.07. The number of hydrogen-bond acceptors (Lipinski definition) is 5. The van der Waals surface area contributed by atoms with E-state index in [1.165, 1.54) is 37.2 Å². The van der Waals surface area contributed by atoms with Crippen LogP contribution in [-0.2, 0) is 6.54 Å². The summed E-state index contributed by atoms with van der Waals surface area (Å²) in [6.07, 6.45) is 7.76. The normalized spacial score (nSPS) is 13.6. The van der Waals surface area contributed by atoms with Gasteiger partial charge in [0.15, 0.2) is 11.5 Å². The molecule has 157 valence electrons. The lowest BCUT2D eigenvalue weighted by molar-refractivity contribution is 0.102. The molecule has 1 amide bonds. The smallest absolute Gasteiger partial charge is 0.259 e. The van der Waals surface area contributed by atoms with Crippen LogP contribution < -0.4 is 5.32 Å². The van der Waals surface area contributed by atoms with Gasteiger partial charge in [-0.2, -0.15) is 5.10 Å². The van der Waals surface area contributed by atoms with Gasteiger partial charge in [0, 0.05) is 17.5 Å². The van der Waals surface area contributed by atoms with Crippen LogP contribution in [-0.4, -0.2) is 25.0 Å². The first-order chi connectivity index (χ1) is 15.2. The Labute approximate surface area is 189 Å². The number of benzene rings is 1. The van der Waals surface area contributed by atoms with E-state index in [9.17, 15) is 4.79 Å². The molecule has 0 atom stereocenters. The minimum absolute atomic E-state index is 0.243. The first-order valence-electron chi connectivity index (χ1n) is 10.4. The van der Waals surface area contributed by atoms with Gasteiger partial charge in [-0.05, 0) is 36.0 Å². The number of pyridine rings is 1. The number of rotatable bonds is 8. The number of carbonyl (C=O) groups is 1. The fourth-order valence-corrected chi connectivity index (χ4v) is 4.44. The zero-order valence-electron chi connectivity index (χ0n) is 16.8. The molecular formula is C23H21ClN5OS. The van der Waals surface area contributed by atoms with E-state index >= 15 is 0 Å². The molecule has 0 spiro atoms. The van der Waals surface area contributed by atoms with Gasteiger partial charge in [0.05, 0.1) is 27.9 Å². The second-order valence-electron chi connectivity index (χ2n) is 7.86. The molecular weight excluding hydrogens is 430 g/mol. The lowest BCUT2D eigenvalue weighted by Crippen LogP contribution is -2.12. The lowest BCUT2D eigenvalue weighted by atomic mass is 10.1. The summed E-state index contributed by atoms with van der Waals surface area (Å²) in [5.74, 6) is 1.14. The maximum absolute atomic E-state index is 12.6. The second-order valence-corrected chi connectivity index (χ2v) is 8.92. The Bertz CT molecular complexity index is 1200. The van der Waals surface area contributed by atoms with Gasteiger partial charge < -0.3 is 5.32 Å². The monoisotopic (exact) mass is 450 g/mol. The highest BCUT2D eigenvalue weighted by atomic mass is 35.5. The van der Waals surface area contributed by atoms with Crippen LogP contribution in [0.2, 0.25) is 5.02 Å². The molecule has 0 saturated heterocycles. The molecule has 0 unspecified atom stereocenters. The minimum Gasteiger partial charge on any atom is -0.304 e. The molecule has 1 N–H and O–H groups in total. The quantitative estimate of drug-likeness (QED) is 0.342. The van der Waals surface area contributed by atoms with Gasteiger partial charge in [0.1, 0.15) is 0 Å². The molecule has 3 heterocycles. The third-order valence-corrected chi connectivity index (χ3v) is 6.40. The molecule has 5 rings (SSSR count). The number of hydrogen-bond donors (Lipinski definition) is 1. The summed E-state index contributed by atoms with van der Waals surface area (Å²) in [7, 11) is 0. The van der Waals surface area contributed by atoms with Gasteiger partial charge in [-0.3, -0.25) is 4.79 Å². The maximum atomic E-state index is 12.6. The standard InChI is InChI=1S/C23H21ClN5OS/c24-19-12-18-21(27-23(30)17-13-25-31-14-17)28-29(11-5-4-6-15-9-10-15)22(18)26-20(19)16-7-2-1-3-8-16/h2-3,7-8,12-15H,4-6,9-11H2,(H,27,28,30). The van der Waals surface area contributed by atoms with Crippen molar-refractivity contribution in [2.24, 2.45) is 5.92 Å². The van der Waals surface area contributed by atoms with Gasteiger partial charge in [-0.25, -0.2) is 14.0 Å². The van der Waals surface area contributed by atoms with Gasteiger partial charge in [0.2, 0.25) is 0 Å². The number of halogens is 1. The minimum atomic E-state index is -0.243. The number of amides is 1. The maximum Gasteiger partial charge on any atom is 0.259 e. The van der Waals surface area contributed by atoms with Crippen LogP contribution in [0.15, 0.2) is 41.9 Å². The van der Waals surface area contributed by atoms with Crippen molar-refractivity contribution in [3.8, 4) is 11.3 Å². The van der Waals surface area contributed by atoms with Crippen molar-refractivity contribution >= 4 is 45.9 Å². The average Bonchev–Trinajstić information content (AvgIpc) is 3.32. The van der Waals surface area contributed by atoms with Crippen LogP contribution >= 0.6 is 23.1 Å². The van der Waals surface area contributed by atoms with E-state index in [2.05, 4.69) is 20.9 Å². The highest BCUT2D eigenvalue weighted by Gasteiger charge is 2.21. The predicted octanol–water partition coefficient (Wildman–Crippen LogP) is 5.84. The molecule has 31 heavy (non-hydrogen) atoms. The summed E-state index contributed by atoms with van der Waals surface area (Å²) in [6.45, 7) is 0.746. The predicted molar refractivity (Wildman–Crippen MR) is 123 cm³/mol. The van der Waals surface area contributed by atoms with E-state index in [1.54, 1.807) is 11.6 Å². The Balaban J connectivity index is 1.49. The first-order valence-corrected chi connectivity index (χ1v) is 11.6. The Kier molecular flexibility index (Phi) is 5.70. The summed E-state index contributed by atoms with van der Waals surface area (Å²) >= 11 is 7.83. The fourth-order valence-electron chi connectivity index (χ4n) is 3.67. The molecule has 8 heteroatoms. The van der Waals surface area contributed by atoms with Crippen LogP contribution in [0.5, 0.6) is 0 Å². The highest BCUT2D eigenvalue weighted by Crippen LogP contribution is 2.35. The van der Waals surface area contributed by atoms with Crippen molar-refractivity contribution in [1.29, 1.82) is 0 Å². The van der Waals surface area contributed by atoms with Crippen molar-refractivity contribution < 1.29 is 4.79 Å². The average molecular weight is 451 g/mol. The zero-order valence-corrected chi connectivity index (χ0v) is 18.4. The Morgan fingerprint density at radius 3 is 2.87 bits per heavy atom. The van der Waals surface area contributed by atoms with Crippen molar-refractivity contribution in [2.45, 2.75) is 38.6 Å². The molecule has 4 aromatic rings.